The van der Waals surface area contributed by atoms with Crippen molar-refractivity contribution in [3.63, 3.8) is 0 Å². The Kier molecular flexibility index (Phi) is 5.62. The first-order valence-corrected chi connectivity index (χ1v) is 11.7. The van der Waals surface area contributed by atoms with E-state index >= 15 is 0 Å². The second kappa shape index (κ2) is 8.43. The van der Waals surface area contributed by atoms with Crippen LogP contribution in [0.1, 0.15) is 50.2 Å². The molecule has 4 saturated carbocycles. The number of ether oxygens (including phenoxy) is 2. The Morgan fingerprint density at radius 2 is 1.62 bits per heavy atom. The fraction of sp³-hybridized carbons (Fsp3) is 0.462. The van der Waals surface area contributed by atoms with E-state index in [9.17, 15) is 9.59 Å². The molecule has 4 aliphatic rings. The van der Waals surface area contributed by atoms with Crippen LogP contribution in [0.25, 0.3) is 0 Å². The molecule has 0 unspecified atom stereocenters. The van der Waals surface area contributed by atoms with Crippen molar-refractivity contribution in [2.75, 3.05) is 12.4 Å². The van der Waals surface area contributed by atoms with Crippen LogP contribution < -0.4 is 10.1 Å². The van der Waals surface area contributed by atoms with Gasteiger partial charge in [-0.3, -0.25) is 9.59 Å². The first-order chi connectivity index (χ1) is 15.5. The summed E-state index contributed by atoms with van der Waals surface area (Å²) in [6.07, 6.45) is 5.41. The van der Waals surface area contributed by atoms with E-state index in [2.05, 4.69) is 5.32 Å². The first-order valence-electron chi connectivity index (χ1n) is 11.4. The number of esters is 1. The summed E-state index contributed by atoms with van der Waals surface area (Å²) >= 11 is 6.21. The fourth-order valence-electron chi connectivity index (χ4n) is 6.45. The number of methoxy groups -OCH3 is 1. The van der Waals surface area contributed by atoms with E-state index in [0.717, 1.165) is 19.3 Å². The molecule has 0 aromatic heterocycles. The van der Waals surface area contributed by atoms with Crippen LogP contribution in [0.5, 0.6) is 5.75 Å². The van der Waals surface area contributed by atoms with Crippen LogP contribution in [0.3, 0.4) is 0 Å². The van der Waals surface area contributed by atoms with Crippen LogP contribution in [0, 0.1) is 23.2 Å². The molecule has 0 aliphatic heterocycles. The number of nitrogens with one attached hydrogen (secondary N) is 1. The summed E-state index contributed by atoms with van der Waals surface area (Å²) in [4.78, 5) is 26.8. The molecule has 6 heteroatoms. The zero-order valence-electron chi connectivity index (χ0n) is 18.2. The molecule has 0 spiro atoms. The van der Waals surface area contributed by atoms with Gasteiger partial charge in [0.1, 0.15) is 5.75 Å². The summed E-state index contributed by atoms with van der Waals surface area (Å²) < 4.78 is 11.2. The van der Waals surface area contributed by atoms with E-state index in [1.54, 1.807) is 18.2 Å². The normalized spacial score (nSPS) is 28.8. The van der Waals surface area contributed by atoms with Gasteiger partial charge in [-0.05, 0) is 74.5 Å². The van der Waals surface area contributed by atoms with Crippen LogP contribution in [0.2, 0.25) is 5.02 Å². The highest BCUT2D eigenvalue weighted by Gasteiger charge is 2.56. The molecule has 6 rings (SSSR count). The van der Waals surface area contributed by atoms with Crippen molar-refractivity contribution in [3.05, 3.63) is 59.1 Å². The molecule has 4 bridgehead atoms. The Bertz CT molecular complexity index is 986. The molecular weight excluding hydrogens is 426 g/mol. The van der Waals surface area contributed by atoms with E-state index in [0.29, 0.717) is 39.8 Å². The largest absolute Gasteiger partial charge is 0.495 e. The van der Waals surface area contributed by atoms with Gasteiger partial charge < -0.3 is 14.8 Å². The summed E-state index contributed by atoms with van der Waals surface area (Å²) in [5.74, 6) is 1.79. The van der Waals surface area contributed by atoms with Gasteiger partial charge in [0.15, 0.2) is 0 Å². The van der Waals surface area contributed by atoms with Crippen LogP contribution >= 0.6 is 11.6 Å². The number of benzene rings is 2. The Balaban J connectivity index is 1.37. The number of halogens is 1. The summed E-state index contributed by atoms with van der Waals surface area (Å²) in [6, 6.07) is 14.2. The Morgan fingerprint density at radius 3 is 2.19 bits per heavy atom. The molecule has 1 amide bonds. The average Bonchev–Trinajstić information content (AvgIpc) is 2.77. The summed E-state index contributed by atoms with van der Waals surface area (Å²) in [7, 11) is 1.54. The topological polar surface area (TPSA) is 64.6 Å². The first kappa shape index (κ1) is 21.3. The van der Waals surface area contributed by atoms with Crippen LogP contribution in [-0.4, -0.2) is 19.0 Å². The van der Waals surface area contributed by atoms with Crippen molar-refractivity contribution in [3.8, 4) is 5.75 Å². The van der Waals surface area contributed by atoms with Gasteiger partial charge in [-0.15, -0.1) is 0 Å². The molecule has 0 radical (unpaired) electrons. The van der Waals surface area contributed by atoms with Crippen molar-refractivity contribution < 1.29 is 19.1 Å². The third-order valence-electron chi connectivity index (χ3n) is 7.46. The molecule has 2 aromatic rings. The zero-order chi connectivity index (χ0) is 22.3. The molecule has 0 saturated heterocycles. The maximum atomic E-state index is 13.5. The van der Waals surface area contributed by atoms with Crippen LogP contribution in [0.4, 0.5) is 5.69 Å². The predicted molar refractivity (Wildman–Crippen MR) is 123 cm³/mol. The summed E-state index contributed by atoms with van der Waals surface area (Å²) in [5.41, 5.74) is 0.751. The highest BCUT2D eigenvalue weighted by Crippen LogP contribution is 2.60. The lowest BCUT2D eigenvalue weighted by Crippen LogP contribution is -2.51. The van der Waals surface area contributed by atoms with Crippen molar-refractivity contribution in [2.45, 2.75) is 44.6 Å². The van der Waals surface area contributed by atoms with Gasteiger partial charge >= 0.3 is 5.97 Å². The van der Waals surface area contributed by atoms with Crippen molar-refractivity contribution in [1.29, 1.82) is 0 Å². The van der Waals surface area contributed by atoms with Gasteiger partial charge in [0.2, 0.25) is 6.10 Å². The lowest BCUT2D eigenvalue weighted by atomic mass is 9.49. The van der Waals surface area contributed by atoms with Crippen LogP contribution in [-0.2, 0) is 14.3 Å². The second-order valence-corrected chi connectivity index (χ2v) is 10.1. The second-order valence-electron chi connectivity index (χ2n) is 9.73. The highest BCUT2D eigenvalue weighted by molar-refractivity contribution is 6.32. The van der Waals surface area contributed by atoms with Gasteiger partial charge in [-0.1, -0.05) is 41.9 Å². The number of rotatable bonds is 6. The molecule has 4 fully saturated rings. The van der Waals surface area contributed by atoms with E-state index in [1.807, 2.05) is 30.3 Å². The van der Waals surface area contributed by atoms with Crippen molar-refractivity contribution in [2.24, 2.45) is 23.2 Å². The van der Waals surface area contributed by atoms with Gasteiger partial charge in [-0.2, -0.15) is 0 Å². The van der Waals surface area contributed by atoms with E-state index < -0.39 is 17.4 Å². The SMILES string of the molecule is COc1ccc(NC(=O)[C@@H](OC(=O)C23CC4CC(CC(C4)C2)C3)c2ccccc2)cc1Cl. The third-order valence-corrected chi connectivity index (χ3v) is 7.75. The van der Waals surface area contributed by atoms with E-state index in [1.165, 1.54) is 26.4 Å². The summed E-state index contributed by atoms with van der Waals surface area (Å²) in [5, 5.41) is 3.25. The molecule has 168 valence electrons. The van der Waals surface area contributed by atoms with Crippen LogP contribution in [0.15, 0.2) is 48.5 Å². The molecule has 1 atom stereocenters. The van der Waals surface area contributed by atoms with Crippen molar-refractivity contribution in [1.82, 2.24) is 0 Å². The van der Waals surface area contributed by atoms with Gasteiger partial charge in [0.05, 0.1) is 17.5 Å². The fourth-order valence-corrected chi connectivity index (χ4v) is 6.70. The standard InChI is InChI=1S/C26H28ClNO4/c1-31-22-8-7-20(12-21(22)27)28-24(29)23(19-5-3-2-4-6-19)32-25(30)26-13-16-9-17(14-26)11-18(10-16)15-26/h2-8,12,16-18,23H,9-11,13-15H2,1H3,(H,28,29)/t16?,17?,18?,23-,26?/m0/s1. The Labute approximate surface area is 193 Å². The maximum absolute atomic E-state index is 13.5. The lowest BCUT2D eigenvalue weighted by Gasteiger charge is -2.55. The van der Waals surface area contributed by atoms with Gasteiger partial charge in [-0.25, -0.2) is 0 Å². The quantitative estimate of drug-likeness (QED) is 0.562. The monoisotopic (exact) mass is 453 g/mol. The van der Waals surface area contributed by atoms with E-state index in [-0.39, 0.29) is 5.97 Å². The molecule has 1 N–H and O–H groups in total. The molecule has 0 heterocycles. The zero-order valence-corrected chi connectivity index (χ0v) is 18.9. The highest BCUT2D eigenvalue weighted by atomic mass is 35.5. The number of amides is 1. The Hall–Kier alpha value is -2.53. The van der Waals surface area contributed by atoms with Crippen molar-refractivity contribution >= 4 is 29.2 Å². The number of carbonyl (C=O) groups excluding carboxylic acids is 2. The number of anilines is 1. The Morgan fingerprint density at radius 1 is 1.00 bits per heavy atom. The average molecular weight is 454 g/mol. The number of hydrogen-bond donors (Lipinski definition) is 1. The minimum atomic E-state index is -1.02. The summed E-state index contributed by atoms with van der Waals surface area (Å²) in [6.45, 7) is 0. The smallest absolute Gasteiger partial charge is 0.313 e. The third kappa shape index (κ3) is 3.99. The number of carbonyl (C=O) groups is 2. The minimum Gasteiger partial charge on any atom is -0.495 e. The molecule has 32 heavy (non-hydrogen) atoms. The number of hydrogen-bond acceptors (Lipinski definition) is 4. The predicted octanol–water partition coefficient (Wildman–Crippen LogP) is 5.79. The molecule has 5 nitrogen and oxygen atoms in total. The van der Waals surface area contributed by atoms with E-state index in [4.69, 9.17) is 21.1 Å². The molecular formula is C26H28ClNO4. The minimum absolute atomic E-state index is 0.214. The maximum Gasteiger partial charge on any atom is 0.313 e. The van der Waals surface area contributed by atoms with Gasteiger partial charge in [0, 0.05) is 11.3 Å². The molecule has 4 aliphatic carbocycles. The lowest BCUT2D eigenvalue weighted by molar-refractivity contribution is -0.179. The van der Waals surface area contributed by atoms with Gasteiger partial charge in [0.25, 0.3) is 5.91 Å². The molecule has 2 aromatic carbocycles.